The fourth-order valence-corrected chi connectivity index (χ4v) is 0.566. The Kier molecular flexibility index (Phi) is 4.21. The summed E-state index contributed by atoms with van der Waals surface area (Å²) >= 11 is 0. The first-order valence-electron chi connectivity index (χ1n) is 3.66. The fourth-order valence-electron chi connectivity index (χ4n) is 0.566. The molecule has 4 heteroatoms. The topological polar surface area (TPSA) is 75.7 Å². The first kappa shape index (κ1) is 10.8. The number of carbonyl (C=O) groups is 1. The van der Waals surface area contributed by atoms with Gasteiger partial charge in [0, 0.05) is 6.04 Å². The lowest BCUT2D eigenvalue weighted by Crippen LogP contribution is -2.24. The van der Waals surface area contributed by atoms with Crippen LogP contribution in [0.5, 0.6) is 0 Å². The Hall–Kier alpha value is -1.16. The zero-order chi connectivity index (χ0) is 9.72. The highest BCUT2D eigenvalue weighted by molar-refractivity contribution is 5.87. The third-order valence-corrected chi connectivity index (χ3v) is 1.51. The molecule has 0 aliphatic carbocycles. The molecule has 68 valence electrons. The van der Waals surface area contributed by atoms with Gasteiger partial charge in [0.25, 0.3) is 0 Å². The van der Waals surface area contributed by atoms with E-state index in [1.165, 1.54) is 6.08 Å². The number of rotatable bonds is 4. The molecule has 0 saturated heterocycles. The molecule has 3 N–H and O–H groups in total. The largest absolute Gasteiger partial charge is 0.477 e. The van der Waals surface area contributed by atoms with Crippen molar-refractivity contribution in [2.75, 3.05) is 0 Å². The normalized spacial score (nSPS) is 14.5. The second-order valence-electron chi connectivity index (χ2n) is 2.84. The zero-order valence-corrected chi connectivity index (χ0v) is 7.32. The molecule has 0 aromatic heterocycles. The Morgan fingerprint density at radius 3 is 2.42 bits per heavy atom. The molecule has 0 amide bonds. The van der Waals surface area contributed by atoms with Gasteiger partial charge in [0.05, 0.1) is 0 Å². The Bertz CT molecular complexity index is 209. The molecule has 0 aromatic rings. The van der Waals surface area contributed by atoms with Crippen molar-refractivity contribution >= 4 is 12.7 Å². The van der Waals surface area contributed by atoms with Gasteiger partial charge < -0.3 is 10.8 Å². The van der Waals surface area contributed by atoms with Crippen LogP contribution in [0.25, 0.3) is 0 Å². The molecule has 0 fully saturated rings. The van der Waals surface area contributed by atoms with E-state index in [-0.39, 0.29) is 17.7 Å². The average Bonchev–Trinajstić information content (AvgIpc) is 1.98. The van der Waals surface area contributed by atoms with Crippen LogP contribution in [-0.2, 0) is 4.79 Å². The molecule has 0 radical (unpaired) electrons. The summed E-state index contributed by atoms with van der Waals surface area (Å²) in [4.78, 5) is 13.8. The van der Waals surface area contributed by atoms with E-state index < -0.39 is 5.97 Å². The van der Waals surface area contributed by atoms with Crippen LogP contribution < -0.4 is 5.73 Å². The van der Waals surface area contributed by atoms with E-state index in [1.54, 1.807) is 0 Å². The number of nitrogens with zero attached hydrogens (tertiary/aromatic N) is 1. The average molecular weight is 170 g/mol. The molecular weight excluding hydrogens is 156 g/mol. The molecule has 0 aromatic carbocycles. The number of aliphatic carboxylic acids is 1. The zero-order valence-electron chi connectivity index (χ0n) is 7.32. The van der Waals surface area contributed by atoms with Gasteiger partial charge in [0.1, 0.15) is 5.70 Å². The number of hydrogen-bond acceptors (Lipinski definition) is 3. The first-order chi connectivity index (χ1) is 5.49. The van der Waals surface area contributed by atoms with Crippen molar-refractivity contribution in [3.8, 4) is 0 Å². The predicted molar refractivity (Wildman–Crippen MR) is 48.1 cm³/mol. The van der Waals surface area contributed by atoms with Gasteiger partial charge in [-0.2, -0.15) is 0 Å². The smallest absolute Gasteiger partial charge is 0.354 e. The van der Waals surface area contributed by atoms with Crippen LogP contribution in [-0.4, -0.2) is 23.8 Å². The van der Waals surface area contributed by atoms with Gasteiger partial charge in [0.2, 0.25) is 0 Å². The van der Waals surface area contributed by atoms with Crippen LogP contribution in [0.2, 0.25) is 0 Å². The second-order valence-corrected chi connectivity index (χ2v) is 2.84. The molecule has 0 spiro atoms. The quantitative estimate of drug-likeness (QED) is 0.480. The maximum Gasteiger partial charge on any atom is 0.354 e. The minimum absolute atomic E-state index is 0.0869. The van der Waals surface area contributed by atoms with Gasteiger partial charge in [-0.1, -0.05) is 13.8 Å². The monoisotopic (exact) mass is 170 g/mol. The van der Waals surface area contributed by atoms with Crippen LogP contribution in [0.1, 0.15) is 13.8 Å². The minimum atomic E-state index is -1.10. The summed E-state index contributed by atoms with van der Waals surface area (Å²) in [6.45, 7) is 6.95. The lowest BCUT2D eigenvalue weighted by molar-refractivity contribution is -0.132. The van der Waals surface area contributed by atoms with E-state index in [9.17, 15) is 4.79 Å². The van der Waals surface area contributed by atoms with Gasteiger partial charge in [0.15, 0.2) is 0 Å². The maximum atomic E-state index is 10.4. The summed E-state index contributed by atoms with van der Waals surface area (Å²) in [6, 6.07) is -0.290. The van der Waals surface area contributed by atoms with Crippen LogP contribution in [0, 0.1) is 5.92 Å². The lowest BCUT2D eigenvalue weighted by atomic mass is 10.0. The van der Waals surface area contributed by atoms with Gasteiger partial charge in [-0.15, -0.1) is 0 Å². The highest BCUT2D eigenvalue weighted by Crippen LogP contribution is 2.04. The number of aliphatic imine (C=N–C) groups is 1. The molecule has 1 atom stereocenters. The van der Waals surface area contributed by atoms with E-state index in [1.807, 2.05) is 13.8 Å². The summed E-state index contributed by atoms with van der Waals surface area (Å²) < 4.78 is 0. The van der Waals surface area contributed by atoms with Crippen molar-refractivity contribution in [1.82, 2.24) is 0 Å². The Labute approximate surface area is 71.8 Å². The number of carboxylic acids is 1. The van der Waals surface area contributed by atoms with Crippen LogP contribution in [0.3, 0.4) is 0 Å². The standard InChI is InChI=1S/C8H14N2O2/c1-5(2)6(9)4-7(10-3)8(11)12/h4-6H,3,9H2,1-2H3,(H,11,12)/b7-4-. The van der Waals surface area contributed by atoms with E-state index in [0.29, 0.717) is 0 Å². The predicted octanol–water partition coefficient (Wildman–Crippen LogP) is 0.639. The van der Waals surface area contributed by atoms with Crippen LogP contribution in [0.4, 0.5) is 0 Å². The summed E-state index contributed by atoms with van der Waals surface area (Å²) in [6.07, 6.45) is 1.40. The molecule has 0 rings (SSSR count). The second kappa shape index (κ2) is 4.66. The van der Waals surface area contributed by atoms with E-state index in [0.717, 1.165) is 0 Å². The molecule has 0 aliphatic heterocycles. The van der Waals surface area contributed by atoms with Crippen molar-refractivity contribution < 1.29 is 9.90 Å². The first-order valence-corrected chi connectivity index (χ1v) is 3.66. The van der Waals surface area contributed by atoms with Crippen molar-refractivity contribution in [2.24, 2.45) is 16.6 Å². The molecule has 1 unspecified atom stereocenters. The molecule has 0 aliphatic rings. The maximum absolute atomic E-state index is 10.4. The SMILES string of the molecule is C=N/C(=C\C(N)C(C)C)C(=O)O. The Morgan fingerprint density at radius 2 is 2.17 bits per heavy atom. The van der Waals surface area contributed by atoms with Gasteiger partial charge >= 0.3 is 5.97 Å². The Balaban J connectivity index is 4.48. The van der Waals surface area contributed by atoms with Gasteiger partial charge in [-0.3, -0.25) is 4.99 Å². The molecule has 0 bridgehead atoms. The van der Waals surface area contributed by atoms with Crippen molar-refractivity contribution in [3.05, 3.63) is 11.8 Å². The molecule has 0 heterocycles. The number of hydrogen-bond donors (Lipinski definition) is 2. The van der Waals surface area contributed by atoms with E-state index in [4.69, 9.17) is 10.8 Å². The minimum Gasteiger partial charge on any atom is -0.477 e. The fraction of sp³-hybridized carbons (Fsp3) is 0.500. The third-order valence-electron chi connectivity index (χ3n) is 1.51. The summed E-state index contributed by atoms with van der Waals surface area (Å²) in [7, 11) is 0. The van der Waals surface area contributed by atoms with Crippen LogP contribution >= 0.6 is 0 Å². The van der Waals surface area contributed by atoms with Gasteiger partial charge in [-0.05, 0) is 18.7 Å². The number of carboxylic acid groups (broad SMARTS) is 1. The van der Waals surface area contributed by atoms with Crippen molar-refractivity contribution in [1.29, 1.82) is 0 Å². The summed E-state index contributed by atoms with van der Waals surface area (Å²) in [5.41, 5.74) is 5.52. The van der Waals surface area contributed by atoms with Crippen LogP contribution in [0.15, 0.2) is 16.8 Å². The van der Waals surface area contributed by atoms with Crippen molar-refractivity contribution in [2.45, 2.75) is 19.9 Å². The molecule has 0 saturated carbocycles. The van der Waals surface area contributed by atoms with Crippen molar-refractivity contribution in [3.63, 3.8) is 0 Å². The third kappa shape index (κ3) is 3.30. The molecular formula is C8H14N2O2. The lowest BCUT2D eigenvalue weighted by Gasteiger charge is -2.10. The molecule has 4 nitrogen and oxygen atoms in total. The highest BCUT2D eigenvalue weighted by Gasteiger charge is 2.09. The van der Waals surface area contributed by atoms with E-state index >= 15 is 0 Å². The Morgan fingerprint density at radius 1 is 1.67 bits per heavy atom. The highest BCUT2D eigenvalue weighted by atomic mass is 16.4. The molecule has 12 heavy (non-hydrogen) atoms. The van der Waals surface area contributed by atoms with E-state index in [2.05, 4.69) is 11.7 Å². The summed E-state index contributed by atoms with van der Waals surface area (Å²) in [5, 5.41) is 8.55. The van der Waals surface area contributed by atoms with Gasteiger partial charge in [-0.25, -0.2) is 4.79 Å². The number of nitrogens with two attached hydrogens (primary N) is 1. The summed E-state index contributed by atoms with van der Waals surface area (Å²) in [5.74, 6) is -0.901.